The number of piperidine rings is 2. The van der Waals surface area contributed by atoms with Crippen molar-refractivity contribution in [2.45, 2.75) is 50.6 Å². The molecule has 4 rings (SSSR count). The van der Waals surface area contributed by atoms with Gasteiger partial charge in [-0.3, -0.25) is 19.6 Å². The molecule has 3 atom stereocenters. The fourth-order valence-electron chi connectivity index (χ4n) is 4.37. The Kier molecular flexibility index (Phi) is 4.63. The molecule has 3 heterocycles. The molecule has 144 valence electrons. The van der Waals surface area contributed by atoms with Gasteiger partial charge in [-0.2, -0.15) is 5.10 Å². The first-order chi connectivity index (χ1) is 12.9. The van der Waals surface area contributed by atoms with E-state index in [-0.39, 0.29) is 17.7 Å². The summed E-state index contributed by atoms with van der Waals surface area (Å²) in [5, 5.41) is 11.6. The number of hydrogen-bond acceptors (Lipinski definition) is 5. The van der Waals surface area contributed by atoms with Gasteiger partial charge in [-0.1, -0.05) is 0 Å². The van der Waals surface area contributed by atoms with E-state index in [0.717, 1.165) is 36.0 Å². The number of carbonyl (C=O) groups excluding carboxylic acids is 2. The van der Waals surface area contributed by atoms with Crippen molar-refractivity contribution >= 4 is 28.4 Å². The summed E-state index contributed by atoms with van der Waals surface area (Å²) >= 11 is 0. The fourth-order valence-corrected chi connectivity index (χ4v) is 4.37. The predicted octanol–water partition coefficient (Wildman–Crippen LogP) is 1.67. The van der Waals surface area contributed by atoms with Crippen LogP contribution in [0.4, 0.5) is 5.69 Å². The molecule has 2 aliphatic heterocycles. The van der Waals surface area contributed by atoms with Gasteiger partial charge in [0, 0.05) is 43.7 Å². The van der Waals surface area contributed by atoms with Crippen LogP contribution in [0, 0.1) is 0 Å². The van der Waals surface area contributed by atoms with Gasteiger partial charge in [0.15, 0.2) is 0 Å². The highest BCUT2D eigenvalue weighted by Gasteiger charge is 2.32. The number of benzene rings is 1. The number of carbonyl (C=O) groups is 2. The molecule has 0 bridgehead atoms. The molecule has 1 aromatic carbocycles. The second kappa shape index (κ2) is 6.96. The lowest BCUT2D eigenvalue weighted by Gasteiger charge is -2.36. The van der Waals surface area contributed by atoms with E-state index in [9.17, 15) is 9.59 Å². The molecule has 7 nitrogen and oxygen atoms in total. The van der Waals surface area contributed by atoms with Gasteiger partial charge in [0.1, 0.15) is 0 Å². The Labute approximate surface area is 159 Å². The highest BCUT2D eigenvalue weighted by Crippen LogP contribution is 2.33. The minimum Gasteiger partial charge on any atom is -0.371 e. The number of nitrogens with zero attached hydrogens (tertiary/aromatic N) is 3. The lowest BCUT2D eigenvalue weighted by Crippen LogP contribution is -2.45. The van der Waals surface area contributed by atoms with Gasteiger partial charge in [0.05, 0.1) is 17.1 Å². The highest BCUT2D eigenvalue weighted by molar-refractivity contribution is 6.02. The molecule has 27 heavy (non-hydrogen) atoms. The second-order valence-corrected chi connectivity index (χ2v) is 7.86. The van der Waals surface area contributed by atoms with E-state index in [1.807, 2.05) is 11.7 Å². The molecule has 7 heteroatoms. The van der Waals surface area contributed by atoms with E-state index in [1.165, 1.54) is 5.69 Å². The first-order valence-corrected chi connectivity index (χ1v) is 9.70. The molecule has 0 radical (unpaired) electrons. The third kappa shape index (κ3) is 3.32. The van der Waals surface area contributed by atoms with Crippen molar-refractivity contribution in [1.82, 2.24) is 20.4 Å². The molecular weight excluding hydrogens is 342 g/mol. The number of rotatable bonds is 3. The molecule has 0 saturated carbocycles. The molecule has 2 aliphatic rings. The van der Waals surface area contributed by atoms with Gasteiger partial charge < -0.3 is 10.2 Å². The summed E-state index contributed by atoms with van der Waals surface area (Å²) in [6, 6.07) is 7.39. The van der Waals surface area contributed by atoms with Crippen molar-refractivity contribution in [3.8, 4) is 0 Å². The van der Waals surface area contributed by atoms with Crippen molar-refractivity contribution in [3.05, 3.63) is 23.9 Å². The van der Waals surface area contributed by atoms with E-state index in [2.05, 4.69) is 52.8 Å². The van der Waals surface area contributed by atoms with Crippen LogP contribution in [-0.4, -0.2) is 47.3 Å². The minimum atomic E-state index is -0.361. The van der Waals surface area contributed by atoms with Crippen LogP contribution in [0.1, 0.15) is 44.2 Å². The summed E-state index contributed by atoms with van der Waals surface area (Å²) in [6.07, 6.45) is 3.14. The largest absolute Gasteiger partial charge is 0.371 e. The van der Waals surface area contributed by atoms with Crippen LogP contribution in [0.3, 0.4) is 0 Å². The third-order valence-electron chi connectivity index (χ3n) is 5.98. The van der Waals surface area contributed by atoms with Gasteiger partial charge in [-0.15, -0.1) is 0 Å². The number of hydrogen-bond donors (Lipinski definition) is 2. The van der Waals surface area contributed by atoms with Gasteiger partial charge >= 0.3 is 0 Å². The van der Waals surface area contributed by atoms with Crippen molar-refractivity contribution in [1.29, 1.82) is 0 Å². The van der Waals surface area contributed by atoms with Crippen LogP contribution in [0.5, 0.6) is 0 Å². The number of aryl methyl sites for hydroxylation is 1. The zero-order chi connectivity index (χ0) is 19.1. The molecule has 0 aliphatic carbocycles. The summed E-state index contributed by atoms with van der Waals surface area (Å²) in [5.41, 5.74) is 2.95. The van der Waals surface area contributed by atoms with E-state index in [1.54, 1.807) is 0 Å². The van der Waals surface area contributed by atoms with Crippen molar-refractivity contribution < 1.29 is 9.59 Å². The SMILES string of the molecule is C[C@H]1C[C@H](N(C)c2ccc3c(C4CCC(=O)NC4=O)nn(C)c3c2)CCN1. The van der Waals surface area contributed by atoms with Crippen molar-refractivity contribution in [2.75, 3.05) is 18.5 Å². The first kappa shape index (κ1) is 18.0. The minimum absolute atomic E-state index is 0.198. The van der Waals surface area contributed by atoms with Crippen LogP contribution in [0.2, 0.25) is 0 Å². The van der Waals surface area contributed by atoms with Crippen molar-refractivity contribution in [3.63, 3.8) is 0 Å². The summed E-state index contributed by atoms with van der Waals surface area (Å²) in [4.78, 5) is 26.1. The van der Waals surface area contributed by atoms with Crippen LogP contribution in [0.15, 0.2) is 18.2 Å². The smallest absolute Gasteiger partial charge is 0.235 e. The lowest BCUT2D eigenvalue weighted by atomic mass is 9.92. The molecule has 2 aromatic rings. The number of fused-ring (bicyclic) bond motifs is 1. The Balaban J connectivity index is 1.65. The lowest BCUT2D eigenvalue weighted by molar-refractivity contribution is -0.134. The Morgan fingerprint density at radius 3 is 2.81 bits per heavy atom. The standard InChI is InChI=1S/C20H27N5O2/c1-12-10-14(8-9-21-12)24(2)13-4-5-15-17(11-13)25(3)23-19(15)16-6-7-18(26)22-20(16)27/h4-5,11-12,14,16,21H,6-10H2,1-3H3,(H,22,26,27)/t12-,14+,16?/m0/s1. The fraction of sp³-hybridized carbons (Fsp3) is 0.550. The van der Waals surface area contributed by atoms with Gasteiger partial charge in [-0.05, 0) is 50.9 Å². The average molecular weight is 369 g/mol. The Morgan fingerprint density at radius 2 is 2.07 bits per heavy atom. The summed E-state index contributed by atoms with van der Waals surface area (Å²) in [7, 11) is 4.06. The number of imide groups is 1. The Morgan fingerprint density at radius 1 is 1.26 bits per heavy atom. The highest BCUT2D eigenvalue weighted by atomic mass is 16.2. The van der Waals surface area contributed by atoms with Gasteiger partial charge in [0.25, 0.3) is 0 Å². The third-order valence-corrected chi connectivity index (χ3v) is 5.98. The molecule has 1 unspecified atom stereocenters. The maximum Gasteiger partial charge on any atom is 0.235 e. The molecule has 1 aromatic heterocycles. The van der Waals surface area contributed by atoms with Crippen LogP contribution < -0.4 is 15.5 Å². The van der Waals surface area contributed by atoms with Crippen LogP contribution in [0.25, 0.3) is 10.9 Å². The van der Waals surface area contributed by atoms with E-state index in [4.69, 9.17) is 0 Å². The maximum absolute atomic E-state index is 12.3. The molecule has 2 saturated heterocycles. The Bertz CT molecular complexity index is 890. The first-order valence-electron chi connectivity index (χ1n) is 9.70. The summed E-state index contributed by atoms with van der Waals surface area (Å²) in [6.45, 7) is 3.28. The zero-order valence-electron chi connectivity index (χ0n) is 16.2. The van der Waals surface area contributed by atoms with E-state index >= 15 is 0 Å². The van der Waals surface area contributed by atoms with Gasteiger partial charge in [-0.25, -0.2) is 0 Å². The Hall–Kier alpha value is -2.41. The summed E-state index contributed by atoms with van der Waals surface area (Å²) in [5.74, 6) is -0.798. The number of nitrogens with one attached hydrogen (secondary N) is 2. The maximum atomic E-state index is 12.3. The van der Waals surface area contributed by atoms with E-state index < -0.39 is 0 Å². The normalized spacial score (nSPS) is 26.3. The van der Waals surface area contributed by atoms with Crippen LogP contribution >= 0.6 is 0 Å². The number of amides is 2. The quantitative estimate of drug-likeness (QED) is 0.805. The van der Waals surface area contributed by atoms with Crippen molar-refractivity contribution in [2.24, 2.45) is 7.05 Å². The average Bonchev–Trinajstić information content (AvgIpc) is 2.97. The topological polar surface area (TPSA) is 79.3 Å². The predicted molar refractivity (Wildman–Crippen MR) is 105 cm³/mol. The van der Waals surface area contributed by atoms with Gasteiger partial charge in [0.2, 0.25) is 11.8 Å². The molecule has 0 spiro atoms. The molecular formula is C20H27N5O2. The number of anilines is 1. The molecule has 2 fully saturated rings. The molecule has 2 N–H and O–H groups in total. The number of aromatic nitrogens is 2. The summed E-state index contributed by atoms with van der Waals surface area (Å²) < 4.78 is 1.84. The monoisotopic (exact) mass is 369 g/mol. The van der Waals surface area contributed by atoms with Crippen LogP contribution in [-0.2, 0) is 16.6 Å². The second-order valence-electron chi connectivity index (χ2n) is 7.86. The van der Waals surface area contributed by atoms with E-state index in [0.29, 0.717) is 24.9 Å². The molecule has 2 amide bonds. The zero-order valence-corrected chi connectivity index (χ0v) is 16.2.